The second kappa shape index (κ2) is 4.73. The van der Waals surface area contributed by atoms with E-state index in [0.29, 0.717) is 5.41 Å². The summed E-state index contributed by atoms with van der Waals surface area (Å²) in [6, 6.07) is 6.58. The molecule has 0 saturated heterocycles. The van der Waals surface area contributed by atoms with E-state index in [-0.39, 0.29) is 0 Å². The Bertz CT molecular complexity index is 464. The van der Waals surface area contributed by atoms with Crippen LogP contribution >= 0.6 is 0 Å². The Kier molecular flexibility index (Phi) is 3.20. The lowest BCUT2D eigenvalue weighted by Gasteiger charge is -2.37. The summed E-state index contributed by atoms with van der Waals surface area (Å²) < 4.78 is 5.44. The zero-order valence-electron chi connectivity index (χ0n) is 12.4. The van der Waals surface area contributed by atoms with Gasteiger partial charge in [-0.05, 0) is 42.5 Å². The standard InChI is InChI=1S/C17H25NO/c1-17(13-7-5-4-6-8-13)12-18(2)16-10-9-14(19-3)11-15(16)17/h9-11,13H,4-8,12H2,1-3H3. The third-order valence-corrected chi connectivity index (χ3v) is 5.30. The molecule has 0 bridgehead atoms. The fourth-order valence-corrected chi connectivity index (χ4v) is 4.18. The Morgan fingerprint density at radius 1 is 1.21 bits per heavy atom. The normalized spacial score (nSPS) is 27.4. The lowest BCUT2D eigenvalue weighted by Crippen LogP contribution is -2.37. The molecule has 2 heteroatoms. The van der Waals surface area contributed by atoms with Crippen LogP contribution in [0.25, 0.3) is 0 Å². The van der Waals surface area contributed by atoms with Crippen molar-refractivity contribution >= 4 is 5.69 Å². The maximum Gasteiger partial charge on any atom is 0.119 e. The minimum atomic E-state index is 0.305. The topological polar surface area (TPSA) is 12.5 Å². The van der Waals surface area contributed by atoms with Gasteiger partial charge in [-0.25, -0.2) is 0 Å². The molecule has 0 amide bonds. The summed E-state index contributed by atoms with van der Waals surface area (Å²) in [5, 5.41) is 0. The average Bonchev–Trinajstić information content (AvgIpc) is 2.72. The quantitative estimate of drug-likeness (QED) is 0.796. The third kappa shape index (κ3) is 2.01. The molecule has 1 aliphatic carbocycles. The summed E-state index contributed by atoms with van der Waals surface area (Å²) in [4.78, 5) is 2.42. The highest BCUT2D eigenvalue weighted by molar-refractivity contribution is 5.64. The van der Waals surface area contributed by atoms with Gasteiger partial charge in [0.25, 0.3) is 0 Å². The SMILES string of the molecule is COc1ccc2c(c1)C(C)(C1CCCCC1)CN2C. The Morgan fingerprint density at radius 2 is 1.95 bits per heavy atom. The van der Waals surface area contributed by atoms with Crippen molar-refractivity contribution in [3.8, 4) is 5.75 Å². The lowest BCUT2D eigenvalue weighted by molar-refractivity contribution is 0.232. The zero-order valence-corrected chi connectivity index (χ0v) is 12.4. The van der Waals surface area contributed by atoms with Gasteiger partial charge in [0.05, 0.1) is 7.11 Å². The van der Waals surface area contributed by atoms with Gasteiger partial charge < -0.3 is 9.64 Å². The van der Waals surface area contributed by atoms with Crippen LogP contribution in [0, 0.1) is 5.92 Å². The van der Waals surface area contributed by atoms with Gasteiger partial charge in [-0.2, -0.15) is 0 Å². The smallest absolute Gasteiger partial charge is 0.119 e. The summed E-state index contributed by atoms with van der Waals surface area (Å²) in [6.45, 7) is 3.62. The first-order chi connectivity index (χ1) is 9.15. The highest BCUT2D eigenvalue weighted by Gasteiger charge is 2.43. The molecule has 1 heterocycles. The van der Waals surface area contributed by atoms with E-state index < -0.39 is 0 Å². The van der Waals surface area contributed by atoms with Crippen molar-refractivity contribution < 1.29 is 4.74 Å². The number of fused-ring (bicyclic) bond motifs is 1. The first kappa shape index (κ1) is 12.8. The van der Waals surface area contributed by atoms with Gasteiger partial charge in [-0.3, -0.25) is 0 Å². The van der Waals surface area contributed by atoms with Gasteiger partial charge >= 0.3 is 0 Å². The van der Waals surface area contributed by atoms with Crippen LogP contribution in [-0.4, -0.2) is 20.7 Å². The van der Waals surface area contributed by atoms with Crippen molar-refractivity contribution in [2.45, 2.75) is 44.4 Å². The molecule has 3 rings (SSSR count). The van der Waals surface area contributed by atoms with Gasteiger partial charge in [0, 0.05) is 24.7 Å². The molecule has 2 nitrogen and oxygen atoms in total. The second-order valence-electron chi connectivity index (χ2n) is 6.49. The summed E-state index contributed by atoms with van der Waals surface area (Å²) in [5.74, 6) is 1.83. The molecule has 1 atom stereocenters. The molecule has 1 unspecified atom stereocenters. The van der Waals surface area contributed by atoms with E-state index in [1.807, 2.05) is 0 Å². The van der Waals surface area contributed by atoms with Crippen LogP contribution in [0.3, 0.4) is 0 Å². The number of hydrogen-bond donors (Lipinski definition) is 0. The summed E-state index contributed by atoms with van der Waals surface area (Å²) in [5.41, 5.74) is 3.20. The number of anilines is 1. The van der Waals surface area contributed by atoms with Gasteiger partial charge in [-0.15, -0.1) is 0 Å². The van der Waals surface area contributed by atoms with E-state index in [0.717, 1.165) is 18.2 Å². The van der Waals surface area contributed by atoms with Crippen molar-refractivity contribution in [3.63, 3.8) is 0 Å². The number of benzene rings is 1. The van der Waals surface area contributed by atoms with Crippen LogP contribution in [0.2, 0.25) is 0 Å². The monoisotopic (exact) mass is 259 g/mol. The number of hydrogen-bond acceptors (Lipinski definition) is 2. The third-order valence-electron chi connectivity index (χ3n) is 5.30. The number of nitrogens with zero attached hydrogens (tertiary/aromatic N) is 1. The summed E-state index contributed by atoms with van der Waals surface area (Å²) in [6.07, 6.45) is 7.02. The van der Waals surface area contributed by atoms with Crippen molar-refractivity contribution in [1.29, 1.82) is 0 Å². The molecular weight excluding hydrogens is 234 g/mol. The van der Waals surface area contributed by atoms with E-state index in [4.69, 9.17) is 4.74 Å². The fourth-order valence-electron chi connectivity index (χ4n) is 4.18. The van der Waals surface area contributed by atoms with Crippen LogP contribution in [0.4, 0.5) is 5.69 Å². The maximum absolute atomic E-state index is 5.44. The Morgan fingerprint density at radius 3 is 2.63 bits per heavy atom. The van der Waals surface area contributed by atoms with Crippen LogP contribution in [0.5, 0.6) is 5.75 Å². The first-order valence-electron chi connectivity index (χ1n) is 7.55. The number of likely N-dealkylation sites (N-methyl/N-ethyl adjacent to an activating group) is 1. The Labute approximate surface area is 116 Å². The molecular formula is C17H25NO. The minimum absolute atomic E-state index is 0.305. The minimum Gasteiger partial charge on any atom is -0.497 e. The molecule has 0 radical (unpaired) electrons. The van der Waals surface area contributed by atoms with Gasteiger partial charge in [0.15, 0.2) is 0 Å². The summed E-state index contributed by atoms with van der Waals surface area (Å²) in [7, 11) is 3.98. The molecule has 1 aromatic rings. The van der Waals surface area contributed by atoms with Crippen LogP contribution in [-0.2, 0) is 5.41 Å². The van der Waals surface area contributed by atoms with E-state index in [2.05, 4.69) is 37.1 Å². The van der Waals surface area contributed by atoms with Gasteiger partial charge in [-0.1, -0.05) is 26.2 Å². The van der Waals surface area contributed by atoms with Gasteiger partial charge in [0.1, 0.15) is 5.75 Å². The molecule has 1 saturated carbocycles. The average molecular weight is 259 g/mol. The number of methoxy groups -OCH3 is 1. The molecule has 2 aliphatic rings. The van der Waals surface area contributed by atoms with E-state index in [1.165, 1.54) is 43.4 Å². The molecule has 0 N–H and O–H groups in total. The van der Waals surface area contributed by atoms with E-state index in [9.17, 15) is 0 Å². The van der Waals surface area contributed by atoms with E-state index in [1.54, 1.807) is 7.11 Å². The zero-order chi connectivity index (χ0) is 13.5. The predicted molar refractivity (Wildman–Crippen MR) is 80.2 cm³/mol. The molecule has 0 spiro atoms. The highest BCUT2D eigenvalue weighted by atomic mass is 16.5. The van der Waals surface area contributed by atoms with Crippen molar-refractivity contribution in [1.82, 2.24) is 0 Å². The van der Waals surface area contributed by atoms with Crippen molar-refractivity contribution in [2.24, 2.45) is 5.92 Å². The largest absolute Gasteiger partial charge is 0.497 e. The first-order valence-corrected chi connectivity index (χ1v) is 7.55. The molecule has 0 aromatic heterocycles. The van der Waals surface area contributed by atoms with Crippen molar-refractivity contribution in [2.75, 3.05) is 25.6 Å². The number of rotatable bonds is 2. The van der Waals surface area contributed by atoms with Crippen LogP contribution in [0.1, 0.15) is 44.6 Å². The lowest BCUT2D eigenvalue weighted by atomic mass is 9.67. The molecule has 19 heavy (non-hydrogen) atoms. The van der Waals surface area contributed by atoms with Gasteiger partial charge in [0.2, 0.25) is 0 Å². The Balaban J connectivity index is 2.00. The molecule has 104 valence electrons. The molecule has 1 aliphatic heterocycles. The van der Waals surface area contributed by atoms with Crippen molar-refractivity contribution in [3.05, 3.63) is 23.8 Å². The number of ether oxygens (including phenoxy) is 1. The highest BCUT2D eigenvalue weighted by Crippen LogP contribution is 2.49. The predicted octanol–water partition coefficient (Wildman–Crippen LogP) is 3.98. The molecule has 1 fully saturated rings. The van der Waals surface area contributed by atoms with Crippen LogP contribution < -0.4 is 9.64 Å². The fraction of sp³-hybridized carbons (Fsp3) is 0.647. The molecule has 1 aromatic carbocycles. The summed E-state index contributed by atoms with van der Waals surface area (Å²) >= 11 is 0. The van der Waals surface area contributed by atoms with Crippen LogP contribution in [0.15, 0.2) is 18.2 Å². The second-order valence-corrected chi connectivity index (χ2v) is 6.49. The van der Waals surface area contributed by atoms with E-state index >= 15 is 0 Å². The maximum atomic E-state index is 5.44. The Hall–Kier alpha value is -1.18.